The number of aromatic nitrogens is 4. The SMILES string of the molecule is c1ccc(-c2nnc(-c3ccccc3)n2-c2ccc(N(c3ccccc3)c3cccc(-n4c5ccccc5c5ccccc54)c3)cc2)cc1. The lowest BCUT2D eigenvalue weighted by atomic mass is 10.1. The number of fused-ring (bicyclic) bond motifs is 3. The average molecular weight is 630 g/mol. The first-order valence-electron chi connectivity index (χ1n) is 16.4. The highest BCUT2D eigenvalue weighted by atomic mass is 15.3. The normalized spacial score (nSPS) is 11.3. The maximum absolute atomic E-state index is 4.67. The number of benzene rings is 7. The topological polar surface area (TPSA) is 38.9 Å². The van der Waals surface area contributed by atoms with Crippen LogP contribution in [0, 0.1) is 0 Å². The van der Waals surface area contributed by atoms with E-state index in [0.717, 1.165) is 51.2 Å². The second-order valence-corrected chi connectivity index (χ2v) is 12.0. The van der Waals surface area contributed by atoms with Gasteiger partial charge < -0.3 is 9.47 Å². The van der Waals surface area contributed by atoms with Gasteiger partial charge in [-0.1, -0.05) is 121 Å². The largest absolute Gasteiger partial charge is 0.310 e. The minimum Gasteiger partial charge on any atom is -0.310 e. The number of hydrogen-bond donors (Lipinski definition) is 0. The maximum Gasteiger partial charge on any atom is 0.168 e. The van der Waals surface area contributed by atoms with Crippen molar-refractivity contribution in [3.05, 3.63) is 188 Å². The van der Waals surface area contributed by atoms with Gasteiger partial charge >= 0.3 is 0 Å². The Labute approximate surface area is 284 Å². The van der Waals surface area contributed by atoms with Crippen molar-refractivity contribution in [2.24, 2.45) is 0 Å². The van der Waals surface area contributed by atoms with Crippen LogP contribution in [0.3, 0.4) is 0 Å². The number of nitrogens with zero attached hydrogens (tertiary/aromatic N) is 5. The van der Waals surface area contributed by atoms with Gasteiger partial charge in [0, 0.05) is 50.3 Å². The predicted octanol–water partition coefficient (Wildman–Crippen LogP) is 11.2. The highest BCUT2D eigenvalue weighted by molar-refractivity contribution is 6.09. The van der Waals surface area contributed by atoms with E-state index < -0.39 is 0 Å². The molecular weight excluding hydrogens is 599 g/mol. The molecule has 0 aliphatic carbocycles. The molecule has 5 heteroatoms. The van der Waals surface area contributed by atoms with Gasteiger partial charge in [-0.2, -0.15) is 0 Å². The molecular formula is C44H31N5. The second kappa shape index (κ2) is 12.1. The van der Waals surface area contributed by atoms with Crippen LogP contribution in [0.1, 0.15) is 0 Å². The lowest BCUT2D eigenvalue weighted by Gasteiger charge is -2.26. The maximum atomic E-state index is 4.67. The molecule has 0 bridgehead atoms. The number of para-hydroxylation sites is 3. The van der Waals surface area contributed by atoms with Crippen LogP contribution in [0.5, 0.6) is 0 Å². The van der Waals surface area contributed by atoms with Crippen LogP contribution >= 0.6 is 0 Å². The van der Waals surface area contributed by atoms with Gasteiger partial charge in [-0.3, -0.25) is 4.57 Å². The molecule has 0 unspecified atom stereocenters. The summed E-state index contributed by atoms with van der Waals surface area (Å²) in [6, 6.07) is 65.7. The van der Waals surface area contributed by atoms with Gasteiger partial charge in [-0.05, 0) is 66.7 Å². The molecule has 2 heterocycles. The van der Waals surface area contributed by atoms with Crippen molar-refractivity contribution in [2.45, 2.75) is 0 Å². The smallest absolute Gasteiger partial charge is 0.168 e. The fourth-order valence-corrected chi connectivity index (χ4v) is 6.82. The summed E-state index contributed by atoms with van der Waals surface area (Å²) in [6.45, 7) is 0. The Bertz CT molecular complexity index is 2420. The van der Waals surface area contributed by atoms with Gasteiger partial charge in [0.1, 0.15) is 0 Å². The average Bonchev–Trinajstić information content (AvgIpc) is 3.77. The molecule has 0 atom stereocenters. The van der Waals surface area contributed by atoms with Crippen LogP contribution in [-0.2, 0) is 0 Å². The van der Waals surface area contributed by atoms with E-state index in [1.165, 1.54) is 21.8 Å². The molecule has 5 nitrogen and oxygen atoms in total. The van der Waals surface area contributed by atoms with E-state index in [1.807, 2.05) is 36.4 Å². The highest BCUT2D eigenvalue weighted by Gasteiger charge is 2.19. The number of anilines is 3. The zero-order valence-electron chi connectivity index (χ0n) is 26.6. The summed E-state index contributed by atoms with van der Waals surface area (Å²) in [4.78, 5) is 2.31. The van der Waals surface area contributed by atoms with Crippen molar-refractivity contribution in [3.63, 3.8) is 0 Å². The molecule has 0 aliphatic rings. The standard InChI is InChI=1S/C44H31N5/c1-4-15-32(16-5-1)43-45-46-44(33-17-6-2-7-18-33)49(43)36-29-27-35(28-30-36)47(34-19-8-3-9-20-34)37-21-14-22-38(31-37)48-41-25-12-10-23-39(41)40-24-11-13-26-42(40)48/h1-31H. The van der Waals surface area contributed by atoms with Crippen molar-refractivity contribution in [3.8, 4) is 34.2 Å². The lowest BCUT2D eigenvalue weighted by Crippen LogP contribution is -2.11. The zero-order valence-corrected chi connectivity index (χ0v) is 26.6. The zero-order chi connectivity index (χ0) is 32.6. The molecule has 0 fully saturated rings. The Morgan fingerprint density at radius 2 is 0.816 bits per heavy atom. The minimum atomic E-state index is 0.797. The molecule has 49 heavy (non-hydrogen) atoms. The third kappa shape index (κ3) is 5.05. The Morgan fingerprint density at radius 1 is 0.347 bits per heavy atom. The van der Waals surface area contributed by atoms with Gasteiger partial charge in [-0.15, -0.1) is 10.2 Å². The van der Waals surface area contributed by atoms with E-state index in [0.29, 0.717) is 0 Å². The van der Waals surface area contributed by atoms with Gasteiger partial charge in [0.2, 0.25) is 0 Å². The Morgan fingerprint density at radius 3 is 1.39 bits per heavy atom. The van der Waals surface area contributed by atoms with Gasteiger partial charge in [0.15, 0.2) is 11.6 Å². The summed E-state index contributed by atoms with van der Waals surface area (Å²) in [6.07, 6.45) is 0. The molecule has 9 aromatic rings. The molecule has 2 aromatic heterocycles. The summed E-state index contributed by atoms with van der Waals surface area (Å²) in [5.74, 6) is 1.59. The predicted molar refractivity (Wildman–Crippen MR) is 201 cm³/mol. The van der Waals surface area contributed by atoms with E-state index in [1.54, 1.807) is 0 Å². The van der Waals surface area contributed by atoms with Crippen molar-refractivity contribution < 1.29 is 0 Å². The molecule has 0 radical (unpaired) electrons. The molecule has 0 saturated carbocycles. The van der Waals surface area contributed by atoms with Gasteiger partial charge in [-0.25, -0.2) is 0 Å². The quantitative estimate of drug-likeness (QED) is 0.176. The van der Waals surface area contributed by atoms with E-state index in [4.69, 9.17) is 0 Å². The van der Waals surface area contributed by atoms with Crippen molar-refractivity contribution in [1.82, 2.24) is 19.3 Å². The Balaban J connectivity index is 1.18. The molecule has 0 spiro atoms. The van der Waals surface area contributed by atoms with Crippen LogP contribution in [0.15, 0.2) is 188 Å². The van der Waals surface area contributed by atoms with Gasteiger partial charge in [0.25, 0.3) is 0 Å². The van der Waals surface area contributed by atoms with Crippen molar-refractivity contribution in [2.75, 3.05) is 4.90 Å². The number of rotatable bonds is 7. The van der Waals surface area contributed by atoms with Crippen LogP contribution in [-0.4, -0.2) is 19.3 Å². The lowest BCUT2D eigenvalue weighted by molar-refractivity contribution is 1.07. The first kappa shape index (κ1) is 28.5. The third-order valence-electron chi connectivity index (χ3n) is 9.03. The second-order valence-electron chi connectivity index (χ2n) is 12.0. The molecule has 232 valence electrons. The summed E-state index contributed by atoms with van der Waals surface area (Å²) in [5, 5.41) is 11.8. The van der Waals surface area contributed by atoms with Crippen molar-refractivity contribution in [1.29, 1.82) is 0 Å². The van der Waals surface area contributed by atoms with E-state index in [2.05, 4.69) is 176 Å². The first-order valence-corrected chi connectivity index (χ1v) is 16.4. The Kier molecular flexibility index (Phi) is 7.06. The molecule has 0 aliphatic heterocycles. The summed E-state index contributed by atoms with van der Waals surface area (Å²) >= 11 is 0. The minimum absolute atomic E-state index is 0.797. The molecule has 0 amide bonds. The number of hydrogen-bond acceptors (Lipinski definition) is 3. The Hall–Kier alpha value is -6.72. The van der Waals surface area contributed by atoms with Crippen LogP contribution in [0.4, 0.5) is 17.1 Å². The van der Waals surface area contributed by atoms with Gasteiger partial charge in [0.05, 0.1) is 11.0 Å². The summed E-state index contributed by atoms with van der Waals surface area (Å²) in [7, 11) is 0. The fourth-order valence-electron chi connectivity index (χ4n) is 6.82. The molecule has 7 aromatic carbocycles. The van der Waals surface area contributed by atoms with Crippen LogP contribution < -0.4 is 4.90 Å². The van der Waals surface area contributed by atoms with Crippen LogP contribution in [0.2, 0.25) is 0 Å². The van der Waals surface area contributed by atoms with Crippen LogP contribution in [0.25, 0.3) is 56.0 Å². The fraction of sp³-hybridized carbons (Fsp3) is 0. The first-order chi connectivity index (χ1) is 24.3. The summed E-state index contributed by atoms with van der Waals surface area (Å²) in [5.41, 5.74) is 9.68. The molecule has 0 saturated heterocycles. The van der Waals surface area contributed by atoms with E-state index in [9.17, 15) is 0 Å². The monoisotopic (exact) mass is 629 g/mol. The highest BCUT2D eigenvalue weighted by Crippen LogP contribution is 2.38. The summed E-state index contributed by atoms with van der Waals surface area (Å²) < 4.78 is 4.51. The van der Waals surface area contributed by atoms with E-state index >= 15 is 0 Å². The van der Waals surface area contributed by atoms with Crippen molar-refractivity contribution >= 4 is 38.9 Å². The molecule has 0 N–H and O–H groups in total. The molecule has 9 rings (SSSR count). The third-order valence-corrected chi connectivity index (χ3v) is 9.03. The van der Waals surface area contributed by atoms with E-state index in [-0.39, 0.29) is 0 Å².